The van der Waals surface area contributed by atoms with Crippen molar-refractivity contribution in [2.24, 2.45) is 0 Å². The average molecular weight is 495 g/mol. The van der Waals surface area contributed by atoms with Crippen molar-refractivity contribution in [2.45, 2.75) is 92.5 Å². The van der Waals surface area contributed by atoms with Crippen LogP contribution in [0.15, 0.2) is 12.4 Å². The van der Waals surface area contributed by atoms with Gasteiger partial charge in [-0.3, -0.25) is 0 Å². The number of unbranched alkanes of at least 4 members (excludes halogenated alkanes) is 3. The van der Waals surface area contributed by atoms with E-state index in [0.29, 0.717) is 6.04 Å². The second-order valence-corrected chi connectivity index (χ2v) is 22.0. The summed E-state index contributed by atoms with van der Waals surface area (Å²) in [5.74, 6) is 1.14. The third-order valence-corrected chi connectivity index (χ3v) is 21.6. The Morgan fingerprint density at radius 1 is 0.857 bits per heavy atom. The van der Waals surface area contributed by atoms with Crippen LogP contribution in [0.2, 0.25) is 13.3 Å². The van der Waals surface area contributed by atoms with Gasteiger partial charge in [-0.1, -0.05) is 0 Å². The first-order chi connectivity index (χ1) is 13.6. The summed E-state index contributed by atoms with van der Waals surface area (Å²) >= 11 is -2.49. The van der Waals surface area contributed by atoms with Crippen molar-refractivity contribution in [1.82, 2.24) is 14.9 Å². The van der Waals surface area contributed by atoms with Crippen LogP contribution in [-0.4, -0.2) is 65.5 Å². The van der Waals surface area contributed by atoms with E-state index in [2.05, 4.69) is 50.6 Å². The fourth-order valence-corrected chi connectivity index (χ4v) is 19.7. The monoisotopic (exact) mass is 496 g/mol. The Balaban J connectivity index is 2.24. The van der Waals surface area contributed by atoms with Crippen molar-refractivity contribution < 1.29 is 0 Å². The summed E-state index contributed by atoms with van der Waals surface area (Å²) in [6.45, 7) is 16.1. The molecule has 0 amide bonds. The third-order valence-electron chi connectivity index (χ3n) is 6.56. The van der Waals surface area contributed by atoms with Crippen LogP contribution >= 0.6 is 0 Å². The minimum atomic E-state index is -2.49. The van der Waals surface area contributed by atoms with Crippen LogP contribution in [0.4, 0.5) is 5.82 Å². The van der Waals surface area contributed by atoms with Crippen LogP contribution in [0.5, 0.6) is 0 Å². The van der Waals surface area contributed by atoms with Crippen molar-refractivity contribution in [1.29, 1.82) is 0 Å². The maximum absolute atomic E-state index is 5.34. The van der Waals surface area contributed by atoms with Crippen LogP contribution in [0.25, 0.3) is 0 Å². The molecular weight excluding hydrogens is 451 g/mol. The first kappa shape index (κ1) is 23.9. The van der Waals surface area contributed by atoms with Gasteiger partial charge in [-0.25, -0.2) is 0 Å². The molecule has 28 heavy (non-hydrogen) atoms. The molecule has 2 heterocycles. The number of aromatic nitrogens is 2. The van der Waals surface area contributed by atoms with Gasteiger partial charge in [0.2, 0.25) is 0 Å². The first-order valence-corrected chi connectivity index (χ1v) is 19.4. The molecule has 4 nitrogen and oxygen atoms in total. The van der Waals surface area contributed by atoms with Gasteiger partial charge in [0.15, 0.2) is 0 Å². The van der Waals surface area contributed by atoms with Crippen molar-refractivity contribution in [3.05, 3.63) is 12.4 Å². The summed E-state index contributed by atoms with van der Waals surface area (Å²) < 4.78 is 5.85. The Morgan fingerprint density at radius 2 is 1.39 bits per heavy atom. The normalized spacial score (nSPS) is 16.1. The van der Waals surface area contributed by atoms with E-state index in [9.17, 15) is 0 Å². The molecule has 5 heteroatoms. The fraction of sp³-hybridized carbons (Fsp3) is 0.826. The van der Waals surface area contributed by atoms with E-state index in [1.807, 2.05) is 6.20 Å². The van der Waals surface area contributed by atoms with Crippen LogP contribution in [0.1, 0.15) is 73.1 Å². The molecule has 1 fully saturated rings. The van der Waals surface area contributed by atoms with E-state index in [1.165, 1.54) is 55.5 Å². The molecule has 1 saturated heterocycles. The third kappa shape index (κ3) is 6.58. The molecule has 0 spiro atoms. The predicted molar refractivity (Wildman–Crippen MR) is 125 cm³/mol. The van der Waals surface area contributed by atoms with Gasteiger partial charge in [0.25, 0.3) is 0 Å². The quantitative estimate of drug-likeness (QED) is 0.380. The van der Waals surface area contributed by atoms with Gasteiger partial charge >= 0.3 is 179 Å². The van der Waals surface area contributed by atoms with Gasteiger partial charge in [0.05, 0.1) is 0 Å². The average Bonchev–Trinajstić information content (AvgIpc) is 2.73. The zero-order chi connectivity index (χ0) is 20.4. The standard InChI is InChI=1S/C11H17N4.3C4H9.Sn/c1-10(2)14-5-7-15(8-6-14)11-9-12-3-4-13-11;3*1-3-4-2;/h3,9-10H,5-8H2,1-2H3;3*1,3-4H2,2H3;. The number of nitrogens with zero attached hydrogens (tertiary/aromatic N) is 4. The number of rotatable bonds is 12. The van der Waals surface area contributed by atoms with Crippen molar-refractivity contribution >= 4 is 27.9 Å². The van der Waals surface area contributed by atoms with Crippen molar-refractivity contribution in [3.8, 4) is 0 Å². The topological polar surface area (TPSA) is 32.3 Å². The molecule has 1 aromatic rings. The van der Waals surface area contributed by atoms with E-state index < -0.39 is 18.4 Å². The number of hydrogen-bond donors (Lipinski definition) is 0. The zero-order valence-corrected chi connectivity index (χ0v) is 22.1. The van der Waals surface area contributed by atoms with Crippen LogP contribution < -0.4 is 8.61 Å². The molecule has 0 unspecified atom stereocenters. The van der Waals surface area contributed by atoms with Crippen LogP contribution in [0.3, 0.4) is 0 Å². The maximum atomic E-state index is 5.34. The van der Waals surface area contributed by atoms with E-state index >= 15 is 0 Å². The van der Waals surface area contributed by atoms with Gasteiger partial charge in [-0.15, -0.1) is 0 Å². The summed E-state index contributed by atoms with van der Waals surface area (Å²) in [5, 5.41) is 0. The van der Waals surface area contributed by atoms with Gasteiger partial charge in [-0.2, -0.15) is 0 Å². The number of anilines is 1. The van der Waals surface area contributed by atoms with Crippen LogP contribution in [0, 0.1) is 0 Å². The SMILES string of the molecule is CCC[CH2][Sn]([CH2]CCC)([CH2]CCC)[c]1cncc(N2CCN(C(C)C)CC2)n1. The second-order valence-electron chi connectivity index (χ2n) is 8.97. The Morgan fingerprint density at radius 3 is 1.86 bits per heavy atom. The predicted octanol–water partition coefficient (Wildman–Crippen LogP) is 5.06. The summed E-state index contributed by atoms with van der Waals surface area (Å²) in [5.41, 5.74) is 0. The van der Waals surface area contributed by atoms with Crippen molar-refractivity contribution in [3.63, 3.8) is 0 Å². The molecular formula is C23H44N4Sn. The fourth-order valence-electron chi connectivity index (χ4n) is 4.54. The summed E-state index contributed by atoms with van der Waals surface area (Å²) in [4.78, 5) is 15.1. The molecule has 1 aliphatic heterocycles. The molecule has 160 valence electrons. The molecule has 0 radical (unpaired) electrons. The Labute approximate surface area is 178 Å². The Bertz CT molecular complexity index is 534. The van der Waals surface area contributed by atoms with E-state index in [4.69, 9.17) is 9.97 Å². The molecule has 0 aliphatic carbocycles. The molecule has 2 rings (SSSR count). The molecule has 1 aliphatic rings. The summed E-state index contributed by atoms with van der Waals surface area (Å²) in [6.07, 6.45) is 12.2. The summed E-state index contributed by atoms with van der Waals surface area (Å²) in [6, 6.07) is 0.639. The summed E-state index contributed by atoms with van der Waals surface area (Å²) in [7, 11) is 0. The van der Waals surface area contributed by atoms with Gasteiger partial charge in [-0.05, 0) is 0 Å². The van der Waals surface area contributed by atoms with Crippen LogP contribution in [-0.2, 0) is 0 Å². The first-order valence-electron chi connectivity index (χ1n) is 11.9. The van der Waals surface area contributed by atoms with Crippen molar-refractivity contribution in [2.75, 3.05) is 31.1 Å². The molecule has 0 aromatic carbocycles. The van der Waals surface area contributed by atoms with Gasteiger partial charge in [0.1, 0.15) is 0 Å². The second kappa shape index (κ2) is 12.4. The molecule has 1 aromatic heterocycles. The zero-order valence-electron chi connectivity index (χ0n) is 19.2. The molecule has 0 bridgehead atoms. The van der Waals surface area contributed by atoms with E-state index in [-0.39, 0.29) is 0 Å². The van der Waals surface area contributed by atoms with Gasteiger partial charge in [0, 0.05) is 0 Å². The Hall–Kier alpha value is -0.361. The Kier molecular flexibility index (Phi) is 10.6. The number of piperazine rings is 1. The molecule has 0 atom stereocenters. The minimum absolute atomic E-state index is 0.639. The van der Waals surface area contributed by atoms with E-state index in [0.717, 1.165) is 32.0 Å². The van der Waals surface area contributed by atoms with E-state index in [1.54, 1.807) is 0 Å². The van der Waals surface area contributed by atoms with Gasteiger partial charge < -0.3 is 0 Å². The molecule has 0 N–H and O–H groups in total. The number of hydrogen-bond acceptors (Lipinski definition) is 4. The molecule has 0 saturated carbocycles.